The van der Waals surface area contributed by atoms with Crippen LogP contribution in [0.4, 0.5) is 0 Å². The van der Waals surface area contributed by atoms with Crippen LogP contribution in [0.25, 0.3) is 10.9 Å². The Morgan fingerprint density at radius 1 is 1.33 bits per heavy atom. The predicted octanol–water partition coefficient (Wildman–Crippen LogP) is 1.30. The fourth-order valence-corrected chi connectivity index (χ4v) is 1.37. The van der Waals surface area contributed by atoms with E-state index < -0.39 is 0 Å². The Bertz CT molecular complexity index is 523. The molecule has 0 saturated heterocycles. The van der Waals surface area contributed by atoms with Gasteiger partial charge in [0.05, 0.1) is 5.52 Å². The minimum atomic E-state index is -0.218. The molecule has 0 bridgehead atoms. The van der Waals surface area contributed by atoms with Crippen LogP contribution in [-0.2, 0) is 0 Å². The Morgan fingerprint density at radius 3 is 2.87 bits per heavy atom. The van der Waals surface area contributed by atoms with E-state index in [1.165, 1.54) is 0 Å². The van der Waals surface area contributed by atoms with E-state index in [4.69, 9.17) is 0 Å². The van der Waals surface area contributed by atoms with Gasteiger partial charge in [0.25, 0.3) is 5.91 Å². The van der Waals surface area contributed by atoms with Gasteiger partial charge in [-0.2, -0.15) is 0 Å². The summed E-state index contributed by atoms with van der Waals surface area (Å²) in [4.78, 5) is 15.5. The Labute approximate surface area is 86.6 Å². The Balaban J connectivity index is 2.57. The molecule has 4 heteroatoms. The number of benzene rings is 1. The number of phenols is 1. The lowest BCUT2D eigenvalue weighted by Crippen LogP contribution is -2.18. The molecule has 0 unspecified atom stereocenters. The second kappa shape index (κ2) is 3.57. The zero-order chi connectivity index (χ0) is 10.8. The molecule has 0 aliphatic carbocycles. The third-order valence-electron chi connectivity index (χ3n) is 2.13. The van der Waals surface area contributed by atoms with Crippen LogP contribution in [0.2, 0.25) is 0 Å². The number of pyridine rings is 1. The highest BCUT2D eigenvalue weighted by Crippen LogP contribution is 2.18. The van der Waals surface area contributed by atoms with Gasteiger partial charge in [0.15, 0.2) is 0 Å². The molecule has 0 saturated carbocycles. The number of fused-ring (bicyclic) bond motifs is 1. The monoisotopic (exact) mass is 202 g/mol. The molecule has 1 aromatic carbocycles. The number of amides is 1. The van der Waals surface area contributed by atoms with Gasteiger partial charge in [-0.05, 0) is 24.3 Å². The number of hydrogen-bond donors (Lipinski definition) is 2. The fourth-order valence-electron chi connectivity index (χ4n) is 1.37. The van der Waals surface area contributed by atoms with Crippen LogP contribution in [0.15, 0.2) is 30.3 Å². The molecule has 0 atom stereocenters. The van der Waals surface area contributed by atoms with Crippen molar-refractivity contribution in [3.63, 3.8) is 0 Å². The lowest BCUT2D eigenvalue weighted by Gasteiger charge is -2.01. The van der Waals surface area contributed by atoms with E-state index in [0.717, 1.165) is 5.39 Å². The standard InChI is InChI=1S/C11H10N2O2/c1-12-11(15)10-4-2-7-6-8(14)3-5-9(7)13-10/h2-6,14H,1H3,(H,12,15). The molecule has 2 rings (SSSR count). The van der Waals surface area contributed by atoms with Crippen molar-refractivity contribution < 1.29 is 9.90 Å². The summed E-state index contributed by atoms with van der Waals surface area (Å²) in [5.41, 5.74) is 1.06. The summed E-state index contributed by atoms with van der Waals surface area (Å²) in [6, 6.07) is 8.21. The van der Waals surface area contributed by atoms with Crippen molar-refractivity contribution >= 4 is 16.8 Å². The maximum absolute atomic E-state index is 11.3. The molecule has 1 heterocycles. The zero-order valence-corrected chi connectivity index (χ0v) is 8.19. The topological polar surface area (TPSA) is 62.2 Å². The summed E-state index contributed by atoms with van der Waals surface area (Å²) < 4.78 is 0. The Kier molecular flexibility index (Phi) is 2.25. The van der Waals surface area contributed by atoms with Gasteiger partial charge in [-0.1, -0.05) is 6.07 Å². The van der Waals surface area contributed by atoms with E-state index in [-0.39, 0.29) is 11.7 Å². The molecule has 1 aromatic heterocycles. The third-order valence-corrected chi connectivity index (χ3v) is 2.13. The first kappa shape index (κ1) is 9.45. The Morgan fingerprint density at radius 2 is 2.13 bits per heavy atom. The van der Waals surface area contributed by atoms with Crippen LogP contribution in [0.1, 0.15) is 10.5 Å². The number of aromatic hydroxyl groups is 1. The lowest BCUT2D eigenvalue weighted by atomic mass is 10.2. The SMILES string of the molecule is CNC(=O)c1ccc2cc(O)ccc2n1. The maximum atomic E-state index is 11.3. The van der Waals surface area contributed by atoms with Crippen LogP contribution < -0.4 is 5.32 Å². The smallest absolute Gasteiger partial charge is 0.269 e. The average Bonchev–Trinajstić information content (AvgIpc) is 2.27. The molecule has 76 valence electrons. The molecule has 1 amide bonds. The first-order valence-electron chi connectivity index (χ1n) is 4.52. The highest BCUT2D eigenvalue weighted by molar-refractivity contribution is 5.94. The van der Waals surface area contributed by atoms with Crippen molar-refractivity contribution in [2.24, 2.45) is 0 Å². The normalized spacial score (nSPS) is 10.2. The first-order valence-corrected chi connectivity index (χ1v) is 4.52. The van der Waals surface area contributed by atoms with E-state index >= 15 is 0 Å². The summed E-state index contributed by atoms with van der Waals surface area (Å²) in [5.74, 6) is -0.0260. The van der Waals surface area contributed by atoms with Crippen LogP contribution in [0.3, 0.4) is 0 Å². The molecule has 0 aliphatic heterocycles. The van der Waals surface area contributed by atoms with Gasteiger partial charge in [-0.15, -0.1) is 0 Å². The average molecular weight is 202 g/mol. The van der Waals surface area contributed by atoms with Crippen LogP contribution in [0.5, 0.6) is 5.75 Å². The minimum Gasteiger partial charge on any atom is -0.508 e. The number of rotatable bonds is 1. The van der Waals surface area contributed by atoms with Crippen molar-refractivity contribution in [3.05, 3.63) is 36.0 Å². The van der Waals surface area contributed by atoms with E-state index in [9.17, 15) is 9.90 Å². The van der Waals surface area contributed by atoms with Gasteiger partial charge in [0.2, 0.25) is 0 Å². The largest absolute Gasteiger partial charge is 0.508 e. The van der Waals surface area contributed by atoms with Crippen molar-refractivity contribution in [1.29, 1.82) is 0 Å². The first-order chi connectivity index (χ1) is 7.20. The maximum Gasteiger partial charge on any atom is 0.269 e. The van der Waals surface area contributed by atoms with Crippen LogP contribution in [-0.4, -0.2) is 23.0 Å². The molecular formula is C11H10N2O2. The molecular weight excluding hydrogens is 192 g/mol. The second-order valence-corrected chi connectivity index (χ2v) is 3.15. The van der Waals surface area contributed by atoms with Crippen LogP contribution in [0, 0.1) is 0 Å². The molecule has 4 nitrogen and oxygen atoms in total. The van der Waals surface area contributed by atoms with Gasteiger partial charge in [-0.3, -0.25) is 4.79 Å². The summed E-state index contributed by atoms with van der Waals surface area (Å²) >= 11 is 0. The predicted molar refractivity (Wildman–Crippen MR) is 56.8 cm³/mol. The number of carbonyl (C=O) groups excluding carboxylic acids is 1. The van der Waals surface area contributed by atoms with E-state index in [1.54, 1.807) is 37.4 Å². The van der Waals surface area contributed by atoms with Crippen LogP contribution >= 0.6 is 0 Å². The minimum absolute atomic E-state index is 0.192. The lowest BCUT2D eigenvalue weighted by molar-refractivity contribution is 0.0958. The highest BCUT2D eigenvalue weighted by atomic mass is 16.3. The second-order valence-electron chi connectivity index (χ2n) is 3.15. The molecule has 2 aromatic rings. The molecule has 2 N–H and O–H groups in total. The summed E-state index contributed by atoms with van der Waals surface area (Å²) in [6.07, 6.45) is 0. The van der Waals surface area contributed by atoms with Gasteiger partial charge in [0.1, 0.15) is 11.4 Å². The van der Waals surface area contributed by atoms with E-state index in [0.29, 0.717) is 11.2 Å². The molecule has 0 radical (unpaired) electrons. The van der Waals surface area contributed by atoms with Crippen molar-refractivity contribution in [2.75, 3.05) is 7.05 Å². The molecule has 0 aliphatic rings. The molecule has 0 spiro atoms. The molecule has 0 fully saturated rings. The van der Waals surface area contributed by atoms with Crippen molar-refractivity contribution in [2.45, 2.75) is 0 Å². The molecule has 15 heavy (non-hydrogen) atoms. The fraction of sp³-hybridized carbons (Fsp3) is 0.0909. The number of phenolic OH excluding ortho intramolecular Hbond substituents is 1. The number of hydrogen-bond acceptors (Lipinski definition) is 3. The quantitative estimate of drug-likeness (QED) is 0.732. The highest BCUT2D eigenvalue weighted by Gasteiger charge is 2.05. The van der Waals surface area contributed by atoms with Gasteiger partial charge < -0.3 is 10.4 Å². The zero-order valence-electron chi connectivity index (χ0n) is 8.19. The summed E-state index contributed by atoms with van der Waals surface area (Å²) in [6.45, 7) is 0. The number of carbonyl (C=O) groups is 1. The third kappa shape index (κ3) is 1.74. The number of aromatic nitrogens is 1. The number of nitrogens with zero attached hydrogens (tertiary/aromatic N) is 1. The Hall–Kier alpha value is -2.10. The summed E-state index contributed by atoms with van der Waals surface area (Å²) in [7, 11) is 1.56. The van der Waals surface area contributed by atoms with Gasteiger partial charge in [0, 0.05) is 12.4 Å². The van der Waals surface area contributed by atoms with E-state index in [2.05, 4.69) is 10.3 Å². The van der Waals surface area contributed by atoms with Gasteiger partial charge >= 0.3 is 0 Å². The van der Waals surface area contributed by atoms with Crippen molar-refractivity contribution in [3.8, 4) is 5.75 Å². The van der Waals surface area contributed by atoms with Crippen molar-refractivity contribution in [1.82, 2.24) is 10.3 Å². The summed E-state index contributed by atoms with van der Waals surface area (Å²) in [5, 5.41) is 12.6. The van der Waals surface area contributed by atoms with Gasteiger partial charge in [-0.25, -0.2) is 4.98 Å². The van der Waals surface area contributed by atoms with E-state index in [1.807, 2.05) is 0 Å². The number of nitrogens with one attached hydrogen (secondary N) is 1.